The van der Waals surface area contributed by atoms with Gasteiger partial charge >= 0.3 is 0 Å². The summed E-state index contributed by atoms with van der Waals surface area (Å²) < 4.78 is 0. The molecule has 2 amide bonds. The number of hydrogen-bond acceptors (Lipinski definition) is 4. The first-order valence-electron chi connectivity index (χ1n) is 8.70. The van der Waals surface area contributed by atoms with Gasteiger partial charge in [0.2, 0.25) is 11.8 Å². The summed E-state index contributed by atoms with van der Waals surface area (Å²) in [5, 5.41) is 2.73. The zero-order valence-electron chi connectivity index (χ0n) is 14.2. The van der Waals surface area contributed by atoms with Gasteiger partial charge in [-0.05, 0) is 24.8 Å². The van der Waals surface area contributed by atoms with Crippen LogP contribution < -0.4 is 11.1 Å². The van der Waals surface area contributed by atoms with Gasteiger partial charge in [0, 0.05) is 32.7 Å². The molecule has 24 heavy (non-hydrogen) atoms. The normalized spacial score (nSPS) is 14.2. The maximum Gasteiger partial charge on any atom is 0.241 e. The van der Waals surface area contributed by atoms with Crippen LogP contribution in [0.4, 0.5) is 0 Å². The first-order chi connectivity index (χ1) is 11.7. The fraction of sp³-hybridized carbons (Fsp3) is 0.556. The molecule has 3 N–H and O–H groups in total. The molecule has 0 spiro atoms. The van der Waals surface area contributed by atoms with Crippen LogP contribution in [0.2, 0.25) is 0 Å². The van der Waals surface area contributed by atoms with Crippen molar-refractivity contribution in [3.8, 4) is 0 Å². The molecule has 6 heteroatoms. The van der Waals surface area contributed by atoms with Crippen molar-refractivity contribution in [1.82, 2.24) is 15.1 Å². The van der Waals surface area contributed by atoms with E-state index in [1.54, 1.807) is 0 Å². The smallest absolute Gasteiger partial charge is 0.241 e. The Morgan fingerprint density at radius 1 is 1.12 bits per heavy atom. The molecule has 1 saturated heterocycles. The van der Waals surface area contributed by atoms with Crippen LogP contribution in [-0.4, -0.2) is 67.4 Å². The molecule has 0 aliphatic carbocycles. The zero-order chi connectivity index (χ0) is 17.2. The van der Waals surface area contributed by atoms with Gasteiger partial charge < -0.3 is 16.0 Å². The molecule has 2 rings (SSSR count). The summed E-state index contributed by atoms with van der Waals surface area (Å²) >= 11 is 0. The lowest BCUT2D eigenvalue weighted by atomic mass is 10.1. The number of nitrogens with two attached hydrogens (primary N) is 1. The molecule has 6 nitrogen and oxygen atoms in total. The van der Waals surface area contributed by atoms with Crippen molar-refractivity contribution < 1.29 is 9.59 Å². The SMILES string of the molecule is NCCN(CCc1ccccc1)CC(=O)NCC(=O)N1CCCC1. The van der Waals surface area contributed by atoms with Crippen LogP contribution in [0.3, 0.4) is 0 Å². The number of benzene rings is 1. The van der Waals surface area contributed by atoms with E-state index < -0.39 is 0 Å². The Hall–Kier alpha value is -1.92. The number of nitrogens with one attached hydrogen (secondary N) is 1. The standard InChI is InChI=1S/C18H28N4O2/c19-9-13-21(12-8-16-6-2-1-3-7-16)15-17(23)20-14-18(24)22-10-4-5-11-22/h1-3,6-7H,4-5,8-15,19H2,(H,20,23). The third-order valence-corrected chi connectivity index (χ3v) is 4.27. The highest BCUT2D eigenvalue weighted by Gasteiger charge is 2.18. The maximum atomic E-state index is 12.1. The summed E-state index contributed by atoms with van der Waals surface area (Å²) in [5.41, 5.74) is 6.88. The first-order valence-corrected chi connectivity index (χ1v) is 8.70. The van der Waals surface area contributed by atoms with E-state index in [0.29, 0.717) is 13.1 Å². The van der Waals surface area contributed by atoms with Crippen LogP contribution in [0.5, 0.6) is 0 Å². The molecule has 0 atom stereocenters. The topological polar surface area (TPSA) is 78.7 Å². The largest absolute Gasteiger partial charge is 0.346 e. The lowest BCUT2D eigenvalue weighted by Gasteiger charge is -2.21. The van der Waals surface area contributed by atoms with E-state index in [2.05, 4.69) is 17.4 Å². The molecule has 0 saturated carbocycles. The molecule has 0 radical (unpaired) electrons. The Morgan fingerprint density at radius 3 is 2.50 bits per heavy atom. The molecule has 1 aromatic rings. The summed E-state index contributed by atoms with van der Waals surface area (Å²) in [5.74, 6) is -0.112. The maximum absolute atomic E-state index is 12.1. The summed E-state index contributed by atoms with van der Waals surface area (Å²) in [6, 6.07) is 10.2. The zero-order valence-corrected chi connectivity index (χ0v) is 14.2. The van der Waals surface area contributed by atoms with E-state index in [-0.39, 0.29) is 24.9 Å². The van der Waals surface area contributed by atoms with Crippen LogP contribution in [0.1, 0.15) is 18.4 Å². The molecular weight excluding hydrogens is 304 g/mol. The number of carbonyl (C=O) groups excluding carboxylic acids is 2. The lowest BCUT2D eigenvalue weighted by Crippen LogP contribution is -2.44. The van der Waals surface area contributed by atoms with Gasteiger partial charge in [-0.1, -0.05) is 30.3 Å². The average Bonchev–Trinajstić information content (AvgIpc) is 3.13. The fourth-order valence-electron chi connectivity index (χ4n) is 2.90. The minimum absolute atomic E-state index is 0.00973. The van der Waals surface area contributed by atoms with E-state index in [9.17, 15) is 9.59 Å². The molecule has 1 fully saturated rings. The number of likely N-dealkylation sites (tertiary alicyclic amines) is 1. The monoisotopic (exact) mass is 332 g/mol. The van der Waals surface area contributed by atoms with Crippen molar-refractivity contribution in [1.29, 1.82) is 0 Å². The average molecular weight is 332 g/mol. The van der Waals surface area contributed by atoms with Gasteiger partial charge in [-0.25, -0.2) is 0 Å². The van der Waals surface area contributed by atoms with Crippen molar-refractivity contribution in [3.05, 3.63) is 35.9 Å². The molecule has 1 aromatic carbocycles. The fourth-order valence-corrected chi connectivity index (χ4v) is 2.90. The molecule has 0 bridgehead atoms. The van der Waals surface area contributed by atoms with Crippen LogP contribution in [0, 0.1) is 0 Å². The molecule has 0 aromatic heterocycles. The van der Waals surface area contributed by atoms with Crippen molar-refractivity contribution in [3.63, 3.8) is 0 Å². The predicted molar refractivity (Wildman–Crippen MR) is 94.5 cm³/mol. The Kier molecular flexibility index (Phi) is 7.71. The van der Waals surface area contributed by atoms with E-state index in [0.717, 1.165) is 38.9 Å². The summed E-state index contributed by atoms with van der Waals surface area (Å²) in [6.07, 6.45) is 2.99. The second-order valence-electron chi connectivity index (χ2n) is 6.17. The summed E-state index contributed by atoms with van der Waals surface area (Å²) in [6.45, 7) is 3.94. The number of amides is 2. The van der Waals surface area contributed by atoms with Crippen LogP contribution in [0.15, 0.2) is 30.3 Å². The first kappa shape index (κ1) is 18.4. The lowest BCUT2D eigenvalue weighted by molar-refractivity contribution is -0.132. The Labute approximate surface area is 144 Å². The van der Waals surface area contributed by atoms with Crippen molar-refractivity contribution >= 4 is 11.8 Å². The molecular formula is C18H28N4O2. The highest BCUT2D eigenvalue weighted by Crippen LogP contribution is 2.06. The van der Waals surface area contributed by atoms with Crippen LogP contribution >= 0.6 is 0 Å². The quantitative estimate of drug-likeness (QED) is 0.678. The van der Waals surface area contributed by atoms with Gasteiger partial charge in [-0.3, -0.25) is 14.5 Å². The Morgan fingerprint density at radius 2 is 1.83 bits per heavy atom. The highest BCUT2D eigenvalue weighted by atomic mass is 16.2. The molecule has 1 heterocycles. The highest BCUT2D eigenvalue weighted by molar-refractivity contribution is 5.85. The van der Waals surface area contributed by atoms with Crippen molar-refractivity contribution in [2.24, 2.45) is 5.73 Å². The third kappa shape index (κ3) is 6.29. The number of nitrogens with zero attached hydrogens (tertiary/aromatic N) is 2. The van der Waals surface area contributed by atoms with Gasteiger partial charge in [-0.15, -0.1) is 0 Å². The van der Waals surface area contributed by atoms with Gasteiger partial charge in [0.15, 0.2) is 0 Å². The van der Waals surface area contributed by atoms with Gasteiger partial charge in [-0.2, -0.15) is 0 Å². The van der Waals surface area contributed by atoms with E-state index >= 15 is 0 Å². The van der Waals surface area contributed by atoms with Gasteiger partial charge in [0.1, 0.15) is 0 Å². The van der Waals surface area contributed by atoms with Crippen molar-refractivity contribution in [2.75, 3.05) is 45.8 Å². The molecule has 1 aliphatic heterocycles. The van der Waals surface area contributed by atoms with E-state index in [4.69, 9.17) is 5.73 Å². The predicted octanol–water partition coefficient (Wildman–Crippen LogP) is 0.228. The second-order valence-corrected chi connectivity index (χ2v) is 6.17. The van der Waals surface area contributed by atoms with E-state index in [1.165, 1.54) is 5.56 Å². The van der Waals surface area contributed by atoms with Crippen LogP contribution in [-0.2, 0) is 16.0 Å². The van der Waals surface area contributed by atoms with E-state index in [1.807, 2.05) is 28.0 Å². The summed E-state index contributed by atoms with van der Waals surface area (Å²) in [7, 11) is 0. The van der Waals surface area contributed by atoms with Gasteiger partial charge in [0.05, 0.1) is 13.1 Å². The second kappa shape index (κ2) is 10.1. The third-order valence-electron chi connectivity index (χ3n) is 4.27. The number of carbonyl (C=O) groups is 2. The molecule has 0 unspecified atom stereocenters. The Balaban J connectivity index is 1.72. The number of rotatable bonds is 9. The van der Waals surface area contributed by atoms with Crippen molar-refractivity contribution in [2.45, 2.75) is 19.3 Å². The molecule has 1 aliphatic rings. The van der Waals surface area contributed by atoms with Gasteiger partial charge in [0.25, 0.3) is 0 Å². The minimum Gasteiger partial charge on any atom is -0.346 e. The molecule has 132 valence electrons. The summed E-state index contributed by atoms with van der Waals surface area (Å²) in [4.78, 5) is 27.9. The number of hydrogen-bond donors (Lipinski definition) is 2. The van der Waals surface area contributed by atoms with Crippen LogP contribution in [0.25, 0.3) is 0 Å². The Bertz CT molecular complexity index is 515. The minimum atomic E-state index is -0.121.